The van der Waals surface area contributed by atoms with Gasteiger partial charge in [0.25, 0.3) is 11.7 Å². The first-order valence-corrected chi connectivity index (χ1v) is 10.9. The van der Waals surface area contributed by atoms with E-state index in [9.17, 15) is 14.7 Å². The molecule has 1 aliphatic rings. The summed E-state index contributed by atoms with van der Waals surface area (Å²) in [6.07, 6.45) is 1.65. The molecule has 2 aromatic rings. The van der Waals surface area contributed by atoms with E-state index in [-0.39, 0.29) is 11.3 Å². The minimum absolute atomic E-state index is 0.0987. The average molecular weight is 435 g/mol. The van der Waals surface area contributed by atoms with Gasteiger partial charge in [-0.15, -0.1) is 0 Å². The molecule has 3 rings (SSSR count). The maximum atomic E-state index is 13.1. The van der Waals surface area contributed by atoms with Gasteiger partial charge in [-0.3, -0.25) is 9.59 Å². The number of carbonyl (C=O) groups is 2. The van der Waals surface area contributed by atoms with Gasteiger partial charge in [-0.25, -0.2) is 0 Å². The number of likely N-dealkylation sites (N-methyl/N-ethyl adjacent to an activating group) is 1. The summed E-state index contributed by atoms with van der Waals surface area (Å²) >= 11 is 0. The normalized spacial score (nSPS) is 17.7. The van der Waals surface area contributed by atoms with Gasteiger partial charge in [-0.1, -0.05) is 69.0 Å². The first kappa shape index (κ1) is 23.3. The summed E-state index contributed by atoms with van der Waals surface area (Å²) in [5.41, 5.74) is 1.31. The standard InChI is InChI=1S/C26H30N2O4/c1-4-17-32-21-14-10-13-20(18-21)23-22(24(29)19-11-8-7-9-12-19)25(30)26(31)28(23)16-15-27(5-2)6-3/h4,7-14,18,23,29H,1,5-6,15-17H2,2-3H3. The average Bonchev–Trinajstić information content (AvgIpc) is 3.08. The molecular weight excluding hydrogens is 404 g/mol. The first-order chi connectivity index (χ1) is 15.5. The first-order valence-electron chi connectivity index (χ1n) is 10.9. The smallest absolute Gasteiger partial charge is 0.295 e. The summed E-state index contributed by atoms with van der Waals surface area (Å²) in [6, 6.07) is 15.4. The van der Waals surface area contributed by atoms with Crippen LogP contribution < -0.4 is 4.74 Å². The number of rotatable bonds is 10. The van der Waals surface area contributed by atoms with Crippen molar-refractivity contribution < 1.29 is 19.4 Å². The molecule has 1 unspecified atom stereocenters. The third kappa shape index (κ3) is 4.92. The zero-order valence-electron chi connectivity index (χ0n) is 18.7. The van der Waals surface area contributed by atoms with E-state index >= 15 is 0 Å². The van der Waals surface area contributed by atoms with E-state index in [1.54, 1.807) is 35.2 Å². The largest absolute Gasteiger partial charge is 0.507 e. The van der Waals surface area contributed by atoms with E-state index in [1.165, 1.54) is 0 Å². The fourth-order valence-corrected chi connectivity index (χ4v) is 3.93. The van der Waals surface area contributed by atoms with Crippen LogP contribution >= 0.6 is 0 Å². The second-order valence-corrected chi connectivity index (χ2v) is 7.56. The van der Waals surface area contributed by atoms with Crippen LogP contribution in [-0.4, -0.2) is 59.4 Å². The number of amides is 1. The third-order valence-electron chi connectivity index (χ3n) is 5.68. The quantitative estimate of drug-likeness (QED) is 0.265. The molecule has 1 atom stereocenters. The third-order valence-corrected chi connectivity index (χ3v) is 5.68. The van der Waals surface area contributed by atoms with Crippen LogP contribution in [0.5, 0.6) is 5.75 Å². The molecule has 0 aromatic heterocycles. The lowest BCUT2D eigenvalue weighted by atomic mass is 9.95. The van der Waals surface area contributed by atoms with E-state index in [4.69, 9.17) is 4.74 Å². The summed E-state index contributed by atoms with van der Waals surface area (Å²) in [7, 11) is 0. The highest BCUT2D eigenvalue weighted by Crippen LogP contribution is 2.40. The zero-order chi connectivity index (χ0) is 23.1. The molecule has 0 radical (unpaired) electrons. The van der Waals surface area contributed by atoms with Crippen molar-refractivity contribution in [2.75, 3.05) is 32.8 Å². The molecule has 1 fully saturated rings. The number of likely N-dealkylation sites (tertiary alicyclic amines) is 1. The lowest BCUT2D eigenvalue weighted by molar-refractivity contribution is -0.140. The number of ketones is 1. The molecule has 2 aromatic carbocycles. The van der Waals surface area contributed by atoms with E-state index < -0.39 is 17.7 Å². The van der Waals surface area contributed by atoms with Crippen molar-refractivity contribution in [3.63, 3.8) is 0 Å². The number of Topliss-reactive ketones (excluding diaryl/α,β-unsaturated/α-hetero) is 1. The van der Waals surface area contributed by atoms with Crippen LogP contribution in [0.25, 0.3) is 5.76 Å². The number of hydrogen-bond donors (Lipinski definition) is 1. The van der Waals surface area contributed by atoms with Gasteiger partial charge >= 0.3 is 0 Å². The van der Waals surface area contributed by atoms with E-state index in [0.717, 1.165) is 13.1 Å². The van der Waals surface area contributed by atoms with Crippen LogP contribution in [0.1, 0.15) is 31.0 Å². The van der Waals surface area contributed by atoms with Crippen molar-refractivity contribution in [3.05, 3.63) is 84.0 Å². The molecule has 6 heteroatoms. The van der Waals surface area contributed by atoms with Crippen LogP contribution in [0.3, 0.4) is 0 Å². The Hall–Kier alpha value is -3.38. The Morgan fingerprint density at radius 3 is 2.50 bits per heavy atom. The Bertz CT molecular complexity index is 996. The van der Waals surface area contributed by atoms with Gasteiger partial charge < -0.3 is 19.6 Å². The molecule has 0 aliphatic carbocycles. The van der Waals surface area contributed by atoms with Gasteiger partial charge in [-0.2, -0.15) is 0 Å². The van der Waals surface area contributed by atoms with Gasteiger partial charge in [0.2, 0.25) is 0 Å². The van der Waals surface area contributed by atoms with Crippen LogP contribution in [0, 0.1) is 0 Å². The molecule has 0 saturated carbocycles. The number of hydrogen-bond acceptors (Lipinski definition) is 5. The number of aliphatic hydroxyl groups excluding tert-OH is 1. The molecule has 1 amide bonds. The lowest BCUT2D eigenvalue weighted by Gasteiger charge is -2.28. The molecule has 1 N–H and O–H groups in total. The van der Waals surface area contributed by atoms with E-state index in [0.29, 0.717) is 36.6 Å². The number of carbonyl (C=O) groups excluding carboxylic acids is 2. The Morgan fingerprint density at radius 2 is 1.84 bits per heavy atom. The Balaban J connectivity index is 2.08. The Kier molecular flexibility index (Phi) is 7.84. The predicted molar refractivity (Wildman–Crippen MR) is 125 cm³/mol. The van der Waals surface area contributed by atoms with Gasteiger partial charge in [-0.05, 0) is 30.8 Å². The van der Waals surface area contributed by atoms with Crippen molar-refractivity contribution in [2.24, 2.45) is 0 Å². The second kappa shape index (κ2) is 10.8. The molecule has 0 bridgehead atoms. The molecule has 6 nitrogen and oxygen atoms in total. The highest BCUT2D eigenvalue weighted by Gasteiger charge is 2.46. The monoisotopic (exact) mass is 434 g/mol. The number of benzene rings is 2. The van der Waals surface area contributed by atoms with E-state index in [2.05, 4.69) is 25.3 Å². The topological polar surface area (TPSA) is 70.1 Å². The number of ether oxygens (including phenoxy) is 1. The number of nitrogens with zero attached hydrogens (tertiary/aromatic N) is 2. The van der Waals surface area contributed by atoms with Crippen molar-refractivity contribution in [1.29, 1.82) is 0 Å². The molecule has 1 aliphatic heterocycles. The molecule has 1 heterocycles. The molecule has 0 spiro atoms. The SMILES string of the molecule is C=CCOc1cccc(C2C(=C(O)c3ccccc3)C(=O)C(=O)N2CCN(CC)CC)c1. The summed E-state index contributed by atoms with van der Waals surface area (Å²) in [6.45, 7) is 10.8. The maximum Gasteiger partial charge on any atom is 0.295 e. The van der Waals surface area contributed by atoms with Crippen LogP contribution in [0.4, 0.5) is 0 Å². The van der Waals surface area contributed by atoms with Crippen LogP contribution in [0.2, 0.25) is 0 Å². The van der Waals surface area contributed by atoms with Gasteiger partial charge in [0.15, 0.2) is 0 Å². The molecule has 1 saturated heterocycles. The number of aliphatic hydroxyl groups is 1. The fraction of sp³-hybridized carbons (Fsp3) is 0.308. The van der Waals surface area contributed by atoms with Crippen molar-refractivity contribution >= 4 is 17.4 Å². The molecular formula is C26H30N2O4. The lowest BCUT2D eigenvalue weighted by Crippen LogP contribution is -2.38. The zero-order valence-corrected chi connectivity index (χ0v) is 18.7. The second-order valence-electron chi connectivity index (χ2n) is 7.56. The Morgan fingerprint density at radius 1 is 1.12 bits per heavy atom. The maximum absolute atomic E-state index is 13.1. The van der Waals surface area contributed by atoms with Gasteiger partial charge in [0, 0.05) is 18.7 Å². The minimum Gasteiger partial charge on any atom is -0.507 e. The van der Waals surface area contributed by atoms with Crippen molar-refractivity contribution in [2.45, 2.75) is 19.9 Å². The molecule has 32 heavy (non-hydrogen) atoms. The summed E-state index contributed by atoms with van der Waals surface area (Å²) in [5, 5.41) is 11.1. The van der Waals surface area contributed by atoms with Crippen molar-refractivity contribution in [3.8, 4) is 5.75 Å². The molecule has 168 valence electrons. The summed E-state index contributed by atoms with van der Waals surface area (Å²) < 4.78 is 5.66. The summed E-state index contributed by atoms with van der Waals surface area (Å²) in [5.74, 6) is -0.835. The Labute approximate surface area is 189 Å². The van der Waals surface area contributed by atoms with E-state index in [1.807, 2.05) is 30.3 Å². The highest BCUT2D eigenvalue weighted by molar-refractivity contribution is 6.46. The van der Waals surface area contributed by atoms with Crippen LogP contribution in [-0.2, 0) is 9.59 Å². The minimum atomic E-state index is -0.696. The van der Waals surface area contributed by atoms with Crippen molar-refractivity contribution in [1.82, 2.24) is 9.80 Å². The fourth-order valence-electron chi connectivity index (χ4n) is 3.93. The highest BCUT2D eigenvalue weighted by atomic mass is 16.5. The predicted octanol–water partition coefficient (Wildman–Crippen LogP) is 4.01. The van der Waals surface area contributed by atoms with Gasteiger partial charge in [0.1, 0.15) is 18.1 Å². The van der Waals surface area contributed by atoms with Gasteiger partial charge in [0.05, 0.1) is 11.6 Å². The van der Waals surface area contributed by atoms with Crippen LogP contribution in [0.15, 0.2) is 72.8 Å². The summed E-state index contributed by atoms with van der Waals surface area (Å²) in [4.78, 5) is 29.9.